The van der Waals surface area contributed by atoms with Crippen LogP contribution >= 0.6 is 23.2 Å². The molecule has 0 bridgehead atoms. The maximum absolute atomic E-state index is 12.4. The number of rotatable bonds is 7. The molecule has 31 heavy (non-hydrogen) atoms. The predicted octanol–water partition coefficient (Wildman–Crippen LogP) is 6.13. The molecule has 156 valence electrons. The Balaban J connectivity index is 1.63. The minimum absolute atomic E-state index is 0.0136. The van der Waals surface area contributed by atoms with Gasteiger partial charge >= 0.3 is 0 Å². The Morgan fingerprint density at radius 1 is 1.00 bits per heavy atom. The van der Waals surface area contributed by atoms with E-state index in [-0.39, 0.29) is 5.57 Å². The summed E-state index contributed by atoms with van der Waals surface area (Å²) in [6.07, 6.45) is 1.52. The zero-order chi connectivity index (χ0) is 22.2. The molecule has 0 aliphatic heterocycles. The number of carbonyl (C=O) groups is 1. The third-order valence-electron chi connectivity index (χ3n) is 4.29. The van der Waals surface area contributed by atoms with Crippen molar-refractivity contribution in [2.75, 3.05) is 12.4 Å². The zero-order valence-electron chi connectivity index (χ0n) is 16.6. The molecule has 0 saturated heterocycles. The molecule has 3 aromatic rings. The first-order valence-electron chi connectivity index (χ1n) is 9.22. The van der Waals surface area contributed by atoms with Gasteiger partial charge in [0.2, 0.25) is 0 Å². The van der Waals surface area contributed by atoms with Gasteiger partial charge in [0.1, 0.15) is 29.7 Å². The fourth-order valence-electron chi connectivity index (χ4n) is 2.64. The van der Waals surface area contributed by atoms with E-state index >= 15 is 0 Å². The molecule has 0 aliphatic rings. The smallest absolute Gasteiger partial charge is 0.266 e. The van der Waals surface area contributed by atoms with E-state index in [0.717, 1.165) is 5.56 Å². The monoisotopic (exact) mass is 452 g/mol. The van der Waals surface area contributed by atoms with Gasteiger partial charge in [0.05, 0.1) is 17.2 Å². The van der Waals surface area contributed by atoms with Crippen molar-refractivity contribution in [2.45, 2.75) is 6.61 Å². The number of methoxy groups -OCH3 is 1. The molecule has 0 spiro atoms. The van der Waals surface area contributed by atoms with Crippen LogP contribution < -0.4 is 14.8 Å². The molecule has 0 atom stereocenters. The summed E-state index contributed by atoms with van der Waals surface area (Å²) in [5.74, 6) is 0.826. The van der Waals surface area contributed by atoms with E-state index in [4.69, 9.17) is 32.7 Å². The average Bonchev–Trinajstić information content (AvgIpc) is 2.79. The number of nitrogens with zero attached hydrogens (tertiary/aromatic N) is 1. The number of hydrogen-bond donors (Lipinski definition) is 1. The fraction of sp³-hybridized carbons (Fsp3) is 0.0833. The molecule has 1 amide bonds. The molecule has 5 nitrogen and oxygen atoms in total. The highest BCUT2D eigenvalue weighted by atomic mass is 35.5. The van der Waals surface area contributed by atoms with Crippen LogP contribution in [0, 0.1) is 11.3 Å². The molecule has 0 aliphatic carbocycles. The van der Waals surface area contributed by atoms with Crippen molar-refractivity contribution in [3.63, 3.8) is 0 Å². The first kappa shape index (κ1) is 22.2. The van der Waals surface area contributed by atoms with Crippen LogP contribution in [-0.2, 0) is 11.4 Å². The summed E-state index contributed by atoms with van der Waals surface area (Å²) in [4.78, 5) is 12.4. The van der Waals surface area contributed by atoms with E-state index in [2.05, 4.69) is 5.32 Å². The molecule has 0 saturated carbocycles. The first-order chi connectivity index (χ1) is 15.0. The first-order valence-corrected chi connectivity index (χ1v) is 9.98. The predicted molar refractivity (Wildman–Crippen MR) is 122 cm³/mol. The van der Waals surface area contributed by atoms with Crippen molar-refractivity contribution in [3.8, 4) is 17.6 Å². The third-order valence-corrected chi connectivity index (χ3v) is 5.03. The number of nitriles is 1. The van der Waals surface area contributed by atoms with Crippen LogP contribution in [-0.4, -0.2) is 13.0 Å². The summed E-state index contributed by atoms with van der Waals surface area (Å²) < 4.78 is 10.8. The number of amides is 1. The van der Waals surface area contributed by atoms with Crippen molar-refractivity contribution in [3.05, 3.63) is 93.5 Å². The number of halogens is 2. The summed E-state index contributed by atoms with van der Waals surface area (Å²) in [5, 5.41) is 13.0. The van der Waals surface area contributed by atoms with E-state index in [0.29, 0.717) is 39.4 Å². The van der Waals surface area contributed by atoms with E-state index in [1.54, 1.807) is 67.8 Å². The molecule has 3 rings (SSSR count). The number of anilines is 1. The second-order valence-electron chi connectivity index (χ2n) is 6.46. The fourth-order valence-corrected chi connectivity index (χ4v) is 2.97. The number of benzene rings is 3. The van der Waals surface area contributed by atoms with Crippen LogP contribution in [0.25, 0.3) is 6.08 Å². The van der Waals surface area contributed by atoms with Crippen molar-refractivity contribution in [1.82, 2.24) is 0 Å². The van der Waals surface area contributed by atoms with Crippen LogP contribution in [0.1, 0.15) is 11.1 Å². The number of nitrogens with one attached hydrogen (secondary N) is 1. The van der Waals surface area contributed by atoms with Gasteiger partial charge in [-0.25, -0.2) is 0 Å². The normalized spacial score (nSPS) is 10.8. The topological polar surface area (TPSA) is 71.3 Å². The molecule has 0 fully saturated rings. The summed E-state index contributed by atoms with van der Waals surface area (Å²) in [5.41, 5.74) is 2.14. The van der Waals surface area contributed by atoms with E-state index < -0.39 is 5.91 Å². The second kappa shape index (κ2) is 10.5. The number of carbonyl (C=O) groups excluding carboxylic acids is 1. The van der Waals surface area contributed by atoms with Crippen molar-refractivity contribution >= 4 is 40.9 Å². The molecule has 0 unspecified atom stereocenters. The van der Waals surface area contributed by atoms with Gasteiger partial charge in [0, 0.05) is 5.69 Å². The average molecular weight is 453 g/mol. The molecule has 0 heterocycles. The largest absolute Gasteiger partial charge is 0.497 e. The number of hydrogen-bond acceptors (Lipinski definition) is 4. The zero-order valence-corrected chi connectivity index (χ0v) is 18.1. The Morgan fingerprint density at radius 2 is 1.68 bits per heavy atom. The van der Waals surface area contributed by atoms with Crippen LogP contribution in [0.15, 0.2) is 72.3 Å². The highest BCUT2D eigenvalue weighted by Crippen LogP contribution is 2.24. The molecular weight excluding hydrogens is 435 g/mol. The Morgan fingerprint density at radius 3 is 2.29 bits per heavy atom. The minimum Gasteiger partial charge on any atom is -0.497 e. The van der Waals surface area contributed by atoms with Crippen molar-refractivity contribution < 1.29 is 14.3 Å². The summed E-state index contributed by atoms with van der Waals surface area (Å²) in [6, 6.07) is 21.2. The van der Waals surface area contributed by atoms with Gasteiger partial charge in [-0.05, 0) is 65.7 Å². The molecular formula is C24H18Cl2N2O3. The Kier molecular flexibility index (Phi) is 7.55. The van der Waals surface area contributed by atoms with Crippen LogP contribution in [0.4, 0.5) is 5.69 Å². The van der Waals surface area contributed by atoms with E-state index in [1.807, 2.05) is 12.1 Å². The van der Waals surface area contributed by atoms with Crippen LogP contribution in [0.2, 0.25) is 10.0 Å². The molecule has 0 aromatic heterocycles. The van der Waals surface area contributed by atoms with Gasteiger partial charge in [0.15, 0.2) is 0 Å². The van der Waals surface area contributed by atoms with Gasteiger partial charge in [0.25, 0.3) is 5.91 Å². The maximum Gasteiger partial charge on any atom is 0.266 e. The Hall–Kier alpha value is -3.46. The molecule has 3 aromatic carbocycles. The maximum atomic E-state index is 12.4. The summed E-state index contributed by atoms with van der Waals surface area (Å²) >= 11 is 11.9. The van der Waals surface area contributed by atoms with E-state index in [1.165, 1.54) is 6.08 Å². The van der Waals surface area contributed by atoms with Crippen LogP contribution in [0.5, 0.6) is 11.5 Å². The van der Waals surface area contributed by atoms with Gasteiger partial charge in [-0.1, -0.05) is 41.4 Å². The van der Waals surface area contributed by atoms with Gasteiger partial charge in [-0.3, -0.25) is 4.79 Å². The number of ether oxygens (including phenoxy) is 2. The van der Waals surface area contributed by atoms with E-state index in [9.17, 15) is 10.1 Å². The van der Waals surface area contributed by atoms with Gasteiger partial charge < -0.3 is 14.8 Å². The summed E-state index contributed by atoms with van der Waals surface area (Å²) in [7, 11) is 1.56. The van der Waals surface area contributed by atoms with Crippen LogP contribution in [0.3, 0.4) is 0 Å². The Bertz CT molecular complexity index is 1130. The molecule has 1 N–H and O–H groups in total. The lowest BCUT2D eigenvalue weighted by Crippen LogP contribution is -2.13. The highest BCUT2D eigenvalue weighted by Gasteiger charge is 2.10. The van der Waals surface area contributed by atoms with Crippen molar-refractivity contribution in [2.24, 2.45) is 0 Å². The lowest BCUT2D eigenvalue weighted by Gasteiger charge is -2.08. The SMILES string of the molecule is COc1ccc(NC(=O)/C(C#N)=C/c2ccc(OCc3ccc(Cl)c(Cl)c3)cc2)cc1. The highest BCUT2D eigenvalue weighted by molar-refractivity contribution is 6.42. The quantitative estimate of drug-likeness (QED) is 0.345. The lowest BCUT2D eigenvalue weighted by molar-refractivity contribution is -0.112. The second-order valence-corrected chi connectivity index (χ2v) is 7.27. The Labute approximate surface area is 190 Å². The van der Waals surface area contributed by atoms with Gasteiger partial charge in [-0.2, -0.15) is 5.26 Å². The molecule has 7 heteroatoms. The van der Waals surface area contributed by atoms with Crippen molar-refractivity contribution in [1.29, 1.82) is 5.26 Å². The van der Waals surface area contributed by atoms with Gasteiger partial charge in [-0.15, -0.1) is 0 Å². The lowest BCUT2D eigenvalue weighted by atomic mass is 10.1. The summed E-state index contributed by atoms with van der Waals surface area (Å²) in [6.45, 7) is 0.333. The minimum atomic E-state index is -0.493. The standard InChI is InChI=1S/C24H18Cl2N2O3/c1-30-20-9-5-19(6-10-20)28-24(29)18(14-27)12-16-2-7-21(8-3-16)31-15-17-4-11-22(25)23(26)13-17/h2-13H,15H2,1H3,(H,28,29)/b18-12+. The molecule has 0 radical (unpaired) electrons. The third kappa shape index (κ3) is 6.26.